The molecule has 0 saturated carbocycles. The molecule has 0 fully saturated rings. The van der Waals surface area contributed by atoms with Gasteiger partial charge in [0.05, 0.1) is 7.11 Å². The van der Waals surface area contributed by atoms with Crippen LogP contribution in [-0.4, -0.2) is 39.2 Å². The van der Waals surface area contributed by atoms with Gasteiger partial charge in [0.15, 0.2) is 0 Å². The summed E-state index contributed by atoms with van der Waals surface area (Å²) >= 11 is 0. The Morgan fingerprint density at radius 3 is 2.59 bits per heavy atom. The van der Waals surface area contributed by atoms with Gasteiger partial charge in [-0.25, -0.2) is 0 Å². The van der Waals surface area contributed by atoms with Gasteiger partial charge >= 0.3 is 0 Å². The number of nitrogens with two attached hydrogens (primary N) is 1. The second kappa shape index (κ2) is 6.62. The second-order valence-corrected chi connectivity index (χ2v) is 4.78. The minimum absolute atomic E-state index is 0.435. The smallest absolute Gasteiger partial charge is 0.122 e. The molecule has 0 heterocycles. The molecule has 0 aliphatic heterocycles. The van der Waals surface area contributed by atoms with Crippen LogP contribution in [0, 0.1) is 6.92 Å². The van der Waals surface area contributed by atoms with Gasteiger partial charge in [-0.3, -0.25) is 0 Å². The van der Waals surface area contributed by atoms with Crippen LogP contribution >= 0.6 is 0 Å². The number of hydrogen-bond donors (Lipinski definition) is 1. The predicted molar refractivity (Wildman–Crippen MR) is 72.7 cm³/mol. The first-order valence-electron chi connectivity index (χ1n) is 6.07. The number of methoxy groups -OCH3 is 1. The number of rotatable bonds is 6. The van der Waals surface area contributed by atoms with E-state index in [1.807, 2.05) is 6.07 Å². The Labute approximate surface area is 105 Å². The maximum absolute atomic E-state index is 5.71. The van der Waals surface area contributed by atoms with Crippen LogP contribution in [0.15, 0.2) is 18.2 Å². The SMILES string of the molecule is COc1ccc(C)cc1C(CCN)CN(C)C. The number of hydrogen-bond acceptors (Lipinski definition) is 3. The molecule has 1 unspecified atom stereocenters. The van der Waals surface area contributed by atoms with Crippen LogP contribution in [0.25, 0.3) is 0 Å². The van der Waals surface area contributed by atoms with Crippen molar-refractivity contribution in [1.29, 1.82) is 0 Å². The molecular weight excluding hydrogens is 212 g/mol. The molecule has 0 amide bonds. The summed E-state index contributed by atoms with van der Waals surface area (Å²) in [5.74, 6) is 1.40. The average molecular weight is 236 g/mol. The summed E-state index contributed by atoms with van der Waals surface area (Å²) in [5, 5.41) is 0. The van der Waals surface area contributed by atoms with Gasteiger partial charge in [-0.2, -0.15) is 0 Å². The average Bonchev–Trinajstić information content (AvgIpc) is 2.28. The van der Waals surface area contributed by atoms with Crippen molar-refractivity contribution in [2.24, 2.45) is 5.73 Å². The lowest BCUT2D eigenvalue weighted by atomic mass is 9.93. The normalized spacial score (nSPS) is 12.8. The Kier molecular flexibility index (Phi) is 5.45. The van der Waals surface area contributed by atoms with Crippen molar-refractivity contribution >= 4 is 0 Å². The fourth-order valence-electron chi connectivity index (χ4n) is 2.16. The molecule has 1 atom stereocenters. The van der Waals surface area contributed by atoms with Crippen LogP contribution in [0.2, 0.25) is 0 Å². The standard InChI is InChI=1S/C14H24N2O/c1-11-5-6-14(17-4)13(9-11)12(7-8-15)10-16(2)3/h5-6,9,12H,7-8,10,15H2,1-4H3. The third kappa shape index (κ3) is 4.02. The zero-order valence-corrected chi connectivity index (χ0v) is 11.4. The van der Waals surface area contributed by atoms with Crippen LogP contribution in [0.5, 0.6) is 5.75 Å². The highest BCUT2D eigenvalue weighted by molar-refractivity contribution is 5.39. The molecule has 2 N–H and O–H groups in total. The van der Waals surface area contributed by atoms with E-state index in [9.17, 15) is 0 Å². The summed E-state index contributed by atoms with van der Waals surface area (Å²) in [4.78, 5) is 2.20. The fraction of sp³-hybridized carbons (Fsp3) is 0.571. The number of aryl methyl sites for hydroxylation is 1. The van der Waals surface area contributed by atoms with Gasteiger partial charge in [-0.05, 0) is 45.6 Å². The maximum Gasteiger partial charge on any atom is 0.122 e. The van der Waals surface area contributed by atoms with Crippen LogP contribution in [-0.2, 0) is 0 Å². The molecule has 1 rings (SSSR count). The van der Waals surface area contributed by atoms with Crippen LogP contribution in [0.1, 0.15) is 23.5 Å². The van der Waals surface area contributed by atoms with E-state index in [4.69, 9.17) is 10.5 Å². The monoisotopic (exact) mass is 236 g/mol. The Bertz CT molecular complexity index is 350. The number of ether oxygens (including phenoxy) is 1. The quantitative estimate of drug-likeness (QED) is 0.821. The molecule has 0 aliphatic carbocycles. The van der Waals surface area contributed by atoms with Gasteiger partial charge in [0, 0.05) is 12.5 Å². The summed E-state index contributed by atoms with van der Waals surface area (Å²) in [7, 11) is 5.90. The lowest BCUT2D eigenvalue weighted by molar-refractivity contribution is 0.352. The van der Waals surface area contributed by atoms with E-state index in [0.29, 0.717) is 12.5 Å². The number of likely N-dealkylation sites (N-methyl/N-ethyl adjacent to an activating group) is 1. The van der Waals surface area contributed by atoms with Gasteiger partial charge in [0.1, 0.15) is 5.75 Å². The zero-order valence-electron chi connectivity index (χ0n) is 11.4. The molecule has 1 aromatic rings. The van der Waals surface area contributed by atoms with E-state index < -0.39 is 0 Å². The number of nitrogens with zero attached hydrogens (tertiary/aromatic N) is 1. The molecule has 1 aromatic carbocycles. The molecule has 0 aromatic heterocycles. The first-order chi connectivity index (χ1) is 8.08. The lowest BCUT2D eigenvalue weighted by Crippen LogP contribution is -2.22. The van der Waals surface area contributed by atoms with E-state index >= 15 is 0 Å². The summed E-state index contributed by atoms with van der Waals surface area (Å²) in [5.41, 5.74) is 8.25. The maximum atomic E-state index is 5.71. The second-order valence-electron chi connectivity index (χ2n) is 4.78. The molecule has 0 aliphatic rings. The molecule has 0 bridgehead atoms. The van der Waals surface area contributed by atoms with E-state index in [0.717, 1.165) is 18.7 Å². The van der Waals surface area contributed by atoms with E-state index in [2.05, 4.69) is 38.1 Å². The van der Waals surface area contributed by atoms with E-state index in [1.54, 1.807) is 7.11 Å². The minimum Gasteiger partial charge on any atom is -0.496 e. The molecule has 3 nitrogen and oxygen atoms in total. The van der Waals surface area contributed by atoms with E-state index in [1.165, 1.54) is 11.1 Å². The first kappa shape index (κ1) is 14.0. The summed E-state index contributed by atoms with van der Waals surface area (Å²) in [6, 6.07) is 6.34. The summed E-state index contributed by atoms with van der Waals surface area (Å²) < 4.78 is 5.45. The van der Waals surface area contributed by atoms with Crippen molar-refractivity contribution in [1.82, 2.24) is 4.90 Å². The van der Waals surface area contributed by atoms with Crippen molar-refractivity contribution in [3.05, 3.63) is 29.3 Å². The summed E-state index contributed by atoms with van der Waals surface area (Å²) in [6.45, 7) is 3.81. The molecule has 3 heteroatoms. The van der Waals surface area contributed by atoms with Crippen molar-refractivity contribution in [2.45, 2.75) is 19.3 Å². The fourth-order valence-corrected chi connectivity index (χ4v) is 2.16. The minimum atomic E-state index is 0.435. The van der Waals surface area contributed by atoms with Crippen LogP contribution < -0.4 is 10.5 Å². The van der Waals surface area contributed by atoms with Crippen molar-refractivity contribution in [3.8, 4) is 5.75 Å². The van der Waals surface area contributed by atoms with Crippen LogP contribution in [0.4, 0.5) is 0 Å². The van der Waals surface area contributed by atoms with Gasteiger partial charge in [-0.1, -0.05) is 17.7 Å². The predicted octanol–water partition coefficient (Wildman–Crippen LogP) is 2.00. The topological polar surface area (TPSA) is 38.5 Å². The highest BCUT2D eigenvalue weighted by atomic mass is 16.5. The molecule has 96 valence electrons. The zero-order chi connectivity index (χ0) is 12.8. The Morgan fingerprint density at radius 1 is 1.35 bits per heavy atom. The molecule has 0 spiro atoms. The highest BCUT2D eigenvalue weighted by Gasteiger charge is 2.16. The molecule has 0 radical (unpaired) electrons. The lowest BCUT2D eigenvalue weighted by Gasteiger charge is -2.23. The third-order valence-electron chi connectivity index (χ3n) is 2.93. The Morgan fingerprint density at radius 2 is 2.06 bits per heavy atom. The van der Waals surface area contributed by atoms with Crippen LogP contribution in [0.3, 0.4) is 0 Å². The Balaban J connectivity index is 3.02. The van der Waals surface area contributed by atoms with Gasteiger partial charge in [0.2, 0.25) is 0 Å². The summed E-state index contributed by atoms with van der Waals surface area (Å²) in [6.07, 6.45) is 0.984. The highest BCUT2D eigenvalue weighted by Crippen LogP contribution is 2.30. The molecule has 17 heavy (non-hydrogen) atoms. The van der Waals surface area contributed by atoms with Crippen molar-refractivity contribution in [2.75, 3.05) is 34.3 Å². The Hall–Kier alpha value is -1.06. The largest absolute Gasteiger partial charge is 0.496 e. The van der Waals surface area contributed by atoms with Gasteiger partial charge in [-0.15, -0.1) is 0 Å². The van der Waals surface area contributed by atoms with Gasteiger partial charge in [0.25, 0.3) is 0 Å². The number of benzene rings is 1. The van der Waals surface area contributed by atoms with Crippen molar-refractivity contribution < 1.29 is 4.74 Å². The third-order valence-corrected chi connectivity index (χ3v) is 2.93. The van der Waals surface area contributed by atoms with Crippen molar-refractivity contribution in [3.63, 3.8) is 0 Å². The molecular formula is C14H24N2O. The first-order valence-corrected chi connectivity index (χ1v) is 6.07. The van der Waals surface area contributed by atoms with Gasteiger partial charge < -0.3 is 15.4 Å². The van der Waals surface area contributed by atoms with E-state index in [-0.39, 0.29) is 0 Å². The molecule has 0 saturated heterocycles.